The van der Waals surface area contributed by atoms with Gasteiger partial charge in [0, 0.05) is 13.1 Å². The van der Waals surface area contributed by atoms with Crippen molar-refractivity contribution in [2.45, 2.75) is 27.2 Å². The van der Waals surface area contributed by atoms with E-state index in [9.17, 15) is 8.42 Å². The van der Waals surface area contributed by atoms with Gasteiger partial charge in [0.15, 0.2) is 0 Å². The highest BCUT2D eigenvalue weighted by atomic mass is 32.2. The minimum atomic E-state index is -3.46. The van der Waals surface area contributed by atoms with Crippen LogP contribution in [-0.4, -0.2) is 25.8 Å². The smallest absolute Gasteiger partial charge is 0.216 e. The molecule has 1 saturated heterocycles. The lowest BCUT2D eigenvalue weighted by atomic mass is 9.80. The van der Waals surface area contributed by atoms with Gasteiger partial charge in [-0.3, -0.25) is 0 Å². The lowest BCUT2D eigenvalue weighted by molar-refractivity contribution is 0.252. The van der Waals surface area contributed by atoms with Gasteiger partial charge in [-0.15, -0.1) is 0 Å². The predicted octanol–water partition coefficient (Wildman–Crippen LogP) is 0.558. The van der Waals surface area contributed by atoms with Gasteiger partial charge in [0.25, 0.3) is 10.2 Å². The van der Waals surface area contributed by atoms with Crippen LogP contribution in [0.2, 0.25) is 0 Å². The highest BCUT2D eigenvalue weighted by molar-refractivity contribution is 7.86. The quantitative estimate of drug-likeness (QED) is 0.681. The SMILES string of the molecule is CC(C)(C)C1CCN(S(N)(=O)=O)C1. The lowest BCUT2D eigenvalue weighted by Gasteiger charge is -2.26. The minimum absolute atomic E-state index is 0.166. The molecule has 1 rings (SSSR count). The summed E-state index contributed by atoms with van der Waals surface area (Å²) >= 11 is 0. The average molecular weight is 206 g/mol. The molecule has 0 aromatic carbocycles. The molecular formula is C8H18N2O2S. The molecule has 1 heterocycles. The maximum absolute atomic E-state index is 11.0. The Bertz CT molecular complexity index is 279. The molecule has 4 nitrogen and oxygen atoms in total. The van der Waals surface area contributed by atoms with Crippen LogP contribution in [0.5, 0.6) is 0 Å². The van der Waals surface area contributed by atoms with Crippen LogP contribution in [0.1, 0.15) is 27.2 Å². The fourth-order valence-corrected chi connectivity index (χ4v) is 2.41. The summed E-state index contributed by atoms with van der Waals surface area (Å²) in [6, 6.07) is 0. The highest BCUT2D eigenvalue weighted by Crippen LogP contribution is 2.33. The number of nitrogens with zero attached hydrogens (tertiary/aromatic N) is 1. The monoisotopic (exact) mass is 206 g/mol. The van der Waals surface area contributed by atoms with E-state index < -0.39 is 10.2 Å². The molecule has 13 heavy (non-hydrogen) atoms. The molecule has 78 valence electrons. The van der Waals surface area contributed by atoms with Gasteiger partial charge in [0.05, 0.1) is 0 Å². The van der Waals surface area contributed by atoms with E-state index in [2.05, 4.69) is 20.8 Å². The Morgan fingerprint density at radius 3 is 2.15 bits per heavy atom. The Kier molecular flexibility index (Phi) is 2.71. The molecule has 0 saturated carbocycles. The molecule has 0 aliphatic carbocycles. The van der Waals surface area contributed by atoms with Crippen LogP contribution in [0.25, 0.3) is 0 Å². The van der Waals surface area contributed by atoms with Gasteiger partial charge < -0.3 is 0 Å². The maximum Gasteiger partial charge on any atom is 0.276 e. The summed E-state index contributed by atoms with van der Waals surface area (Å²) in [5.41, 5.74) is 0.166. The van der Waals surface area contributed by atoms with Gasteiger partial charge in [0.2, 0.25) is 0 Å². The molecule has 1 aliphatic rings. The van der Waals surface area contributed by atoms with Crippen LogP contribution in [0.3, 0.4) is 0 Å². The summed E-state index contributed by atoms with van der Waals surface area (Å²) in [4.78, 5) is 0. The first-order valence-electron chi connectivity index (χ1n) is 4.49. The van der Waals surface area contributed by atoms with E-state index in [4.69, 9.17) is 5.14 Å². The van der Waals surface area contributed by atoms with E-state index in [1.54, 1.807) is 0 Å². The molecule has 1 aliphatic heterocycles. The summed E-state index contributed by atoms with van der Waals surface area (Å²) in [5, 5.41) is 5.04. The summed E-state index contributed by atoms with van der Waals surface area (Å²) in [7, 11) is -3.46. The van der Waals surface area contributed by atoms with E-state index in [1.165, 1.54) is 4.31 Å². The van der Waals surface area contributed by atoms with Crippen molar-refractivity contribution in [1.29, 1.82) is 0 Å². The van der Waals surface area contributed by atoms with Crippen LogP contribution < -0.4 is 5.14 Å². The van der Waals surface area contributed by atoms with Crippen LogP contribution in [0.15, 0.2) is 0 Å². The number of hydrogen-bond acceptors (Lipinski definition) is 2. The van der Waals surface area contributed by atoms with Crippen molar-refractivity contribution < 1.29 is 8.42 Å². The van der Waals surface area contributed by atoms with Gasteiger partial charge in [-0.05, 0) is 17.8 Å². The van der Waals surface area contributed by atoms with Crippen molar-refractivity contribution in [2.75, 3.05) is 13.1 Å². The third kappa shape index (κ3) is 2.65. The number of rotatable bonds is 1. The second kappa shape index (κ2) is 3.22. The molecule has 1 unspecified atom stereocenters. The Morgan fingerprint density at radius 1 is 1.38 bits per heavy atom. The van der Waals surface area contributed by atoms with Gasteiger partial charge in [-0.1, -0.05) is 20.8 Å². The Labute approximate surface area is 80.3 Å². The minimum Gasteiger partial charge on any atom is -0.216 e. The summed E-state index contributed by atoms with van der Waals surface area (Å²) in [6.07, 6.45) is 0.917. The molecular weight excluding hydrogens is 188 g/mol. The maximum atomic E-state index is 11.0. The van der Waals surface area contributed by atoms with Gasteiger partial charge in [-0.2, -0.15) is 12.7 Å². The Balaban J connectivity index is 2.66. The fourth-order valence-electron chi connectivity index (χ4n) is 1.67. The normalized spacial score (nSPS) is 26.6. The zero-order valence-corrected chi connectivity index (χ0v) is 9.26. The van der Waals surface area contributed by atoms with Crippen molar-refractivity contribution in [3.8, 4) is 0 Å². The van der Waals surface area contributed by atoms with Crippen molar-refractivity contribution >= 4 is 10.2 Å². The summed E-state index contributed by atoms with van der Waals surface area (Å²) in [5.74, 6) is 0.422. The second-order valence-corrected chi connectivity index (χ2v) is 6.30. The third-order valence-electron chi connectivity index (χ3n) is 2.74. The molecule has 2 N–H and O–H groups in total. The average Bonchev–Trinajstić information content (AvgIpc) is 2.28. The molecule has 0 aromatic heterocycles. The fraction of sp³-hybridized carbons (Fsp3) is 1.00. The molecule has 0 bridgehead atoms. The number of hydrogen-bond donors (Lipinski definition) is 1. The van der Waals surface area contributed by atoms with Crippen molar-refractivity contribution in [1.82, 2.24) is 4.31 Å². The van der Waals surface area contributed by atoms with Gasteiger partial charge in [-0.25, -0.2) is 5.14 Å². The van der Waals surface area contributed by atoms with E-state index in [1.807, 2.05) is 0 Å². The lowest BCUT2D eigenvalue weighted by Crippen LogP contribution is -2.36. The molecule has 1 atom stereocenters. The van der Waals surface area contributed by atoms with Crippen molar-refractivity contribution in [2.24, 2.45) is 16.5 Å². The van der Waals surface area contributed by atoms with Crippen molar-refractivity contribution in [3.05, 3.63) is 0 Å². The Morgan fingerprint density at radius 2 is 1.92 bits per heavy atom. The van der Waals surface area contributed by atoms with E-state index in [0.717, 1.165) is 6.42 Å². The standard InChI is InChI=1S/C8H18N2O2S/c1-8(2,3)7-4-5-10(6-7)13(9,11)12/h7H,4-6H2,1-3H3,(H2,9,11,12). The highest BCUT2D eigenvalue weighted by Gasteiger charge is 2.35. The largest absolute Gasteiger partial charge is 0.276 e. The van der Waals surface area contributed by atoms with E-state index in [-0.39, 0.29) is 5.41 Å². The molecule has 5 heteroatoms. The zero-order valence-electron chi connectivity index (χ0n) is 8.45. The predicted molar refractivity (Wildman–Crippen MR) is 52.2 cm³/mol. The second-order valence-electron chi connectivity index (χ2n) is 4.75. The first-order chi connectivity index (χ1) is 5.71. The Hall–Kier alpha value is -0.130. The first kappa shape index (κ1) is 10.9. The van der Waals surface area contributed by atoms with Crippen LogP contribution >= 0.6 is 0 Å². The molecule has 0 amide bonds. The van der Waals surface area contributed by atoms with Crippen molar-refractivity contribution in [3.63, 3.8) is 0 Å². The van der Waals surface area contributed by atoms with Crippen LogP contribution in [0.4, 0.5) is 0 Å². The van der Waals surface area contributed by atoms with E-state index in [0.29, 0.717) is 19.0 Å². The van der Waals surface area contributed by atoms with Crippen LogP contribution in [0, 0.1) is 11.3 Å². The molecule has 0 aromatic rings. The van der Waals surface area contributed by atoms with Crippen LogP contribution in [-0.2, 0) is 10.2 Å². The van der Waals surface area contributed by atoms with E-state index >= 15 is 0 Å². The topological polar surface area (TPSA) is 63.4 Å². The summed E-state index contributed by atoms with van der Waals surface area (Å²) < 4.78 is 23.4. The molecule has 0 radical (unpaired) electrons. The molecule has 1 fully saturated rings. The van der Waals surface area contributed by atoms with Gasteiger partial charge in [0.1, 0.15) is 0 Å². The number of nitrogens with two attached hydrogens (primary N) is 1. The molecule has 0 spiro atoms. The first-order valence-corrected chi connectivity index (χ1v) is 5.99. The third-order valence-corrected chi connectivity index (χ3v) is 3.79. The van der Waals surface area contributed by atoms with Gasteiger partial charge >= 0.3 is 0 Å². The summed E-state index contributed by atoms with van der Waals surface area (Å²) in [6.45, 7) is 7.53. The zero-order chi connectivity index (χ0) is 10.3.